The van der Waals surface area contributed by atoms with Gasteiger partial charge in [-0.15, -0.1) is 0 Å². The van der Waals surface area contributed by atoms with Crippen molar-refractivity contribution in [2.45, 2.75) is 26.2 Å². The highest BCUT2D eigenvalue weighted by molar-refractivity contribution is 5.60. The van der Waals surface area contributed by atoms with Gasteiger partial charge in [-0.25, -0.2) is 4.98 Å². The average molecular weight is 276 g/mol. The molecule has 1 aromatic heterocycles. The van der Waals surface area contributed by atoms with Crippen LogP contribution in [0, 0.1) is 0 Å². The smallest absolute Gasteiger partial charge is 0.144 e. The van der Waals surface area contributed by atoms with Gasteiger partial charge in [0.25, 0.3) is 0 Å². The van der Waals surface area contributed by atoms with Gasteiger partial charge in [0, 0.05) is 23.6 Å². The molecule has 0 N–H and O–H groups in total. The van der Waals surface area contributed by atoms with Gasteiger partial charge in [0.05, 0.1) is 0 Å². The number of hydrogen-bond donors (Lipinski definition) is 0. The Labute approximate surface area is 126 Å². The Hall–Kier alpha value is -2.35. The molecule has 0 saturated carbocycles. The summed E-state index contributed by atoms with van der Waals surface area (Å²) in [6.45, 7) is 6.70. The Morgan fingerprint density at radius 3 is 2.38 bits per heavy atom. The zero-order chi connectivity index (χ0) is 14.9. The molecule has 0 unspecified atom stereocenters. The van der Waals surface area contributed by atoms with Crippen molar-refractivity contribution >= 4 is 0 Å². The van der Waals surface area contributed by atoms with Crippen LogP contribution in [0.25, 0.3) is 17.1 Å². The molecule has 2 heteroatoms. The predicted molar refractivity (Wildman–Crippen MR) is 87.7 cm³/mol. The molecule has 106 valence electrons. The van der Waals surface area contributed by atoms with E-state index in [4.69, 9.17) is 0 Å². The first-order chi connectivity index (χ1) is 10.1. The van der Waals surface area contributed by atoms with E-state index in [-0.39, 0.29) is 5.41 Å². The molecule has 2 nitrogen and oxygen atoms in total. The third-order valence-corrected chi connectivity index (χ3v) is 3.66. The van der Waals surface area contributed by atoms with Crippen molar-refractivity contribution in [2.24, 2.45) is 0 Å². The number of benzene rings is 2. The van der Waals surface area contributed by atoms with Gasteiger partial charge in [-0.3, -0.25) is 4.57 Å². The Balaban J connectivity index is 2.09. The lowest BCUT2D eigenvalue weighted by molar-refractivity contribution is 0.590. The molecule has 0 amide bonds. The summed E-state index contributed by atoms with van der Waals surface area (Å²) in [6, 6.07) is 19.0. The number of hydrogen-bond acceptors (Lipinski definition) is 1. The van der Waals surface area contributed by atoms with E-state index in [2.05, 4.69) is 66.7 Å². The number of aromatic nitrogens is 2. The van der Waals surface area contributed by atoms with E-state index in [9.17, 15) is 0 Å². The van der Waals surface area contributed by atoms with Gasteiger partial charge in [0.2, 0.25) is 0 Å². The maximum absolute atomic E-state index is 4.55. The molecule has 0 radical (unpaired) electrons. The Bertz CT molecular complexity index is 734. The van der Waals surface area contributed by atoms with Gasteiger partial charge >= 0.3 is 0 Å². The lowest BCUT2D eigenvalue weighted by Gasteiger charge is -2.20. The second-order valence-corrected chi connectivity index (χ2v) is 6.29. The fraction of sp³-hybridized carbons (Fsp3) is 0.211. The molecule has 0 spiro atoms. The molecule has 3 aromatic rings. The Morgan fingerprint density at radius 1 is 0.905 bits per heavy atom. The molecule has 0 fully saturated rings. The zero-order valence-corrected chi connectivity index (χ0v) is 12.7. The highest BCUT2D eigenvalue weighted by Gasteiger charge is 2.15. The summed E-state index contributed by atoms with van der Waals surface area (Å²) in [4.78, 5) is 4.55. The van der Waals surface area contributed by atoms with Crippen LogP contribution in [0.15, 0.2) is 67.0 Å². The van der Waals surface area contributed by atoms with Crippen LogP contribution in [0.1, 0.15) is 26.3 Å². The topological polar surface area (TPSA) is 17.8 Å². The average Bonchev–Trinajstić information content (AvgIpc) is 2.97. The van der Waals surface area contributed by atoms with Crippen molar-refractivity contribution in [3.8, 4) is 17.1 Å². The van der Waals surface area contributed by atoms with Crippen molar-refractivity contribution in [1.82, 2.24) is 9.55 Å². The standard InChI is InChI=1S/C19H20N2/c1-19(2,3)16-9-7-8-15(14-16)18-20-12-13-21(18)17-10-5-4-6-11-17/h4-14H,1-3H3. The Morgan fingerprint density at radius 2 is 1.67 bits per heavy atom. The van der Waals surface area contributed by atoms with Crippen LogP contribution in [-0.4, -0.2) is 9.55 Å². The van der Waals surface area contributed by atoms with Crippen LogP contribution in [0.2, 0.25) is 0 Å². The first kappa shape index (κ1) is 13.6. The van der Waals surface area contributed by atoms with E-state index in [1.165, 1.54) is 5.56 Å². The lowest BCUT2D eigenvalue weighted by atomic mass is 9.86. The Kier molecular flexibility index (Phi) is 3.38. The number of nitrogens with zero attached hydrogens (tertiary/aromatic N) is 2. The third kappa shape index (κ3) is 2.75. The fourth-order valence-corrected chi connectivity index (χ4v) is 2.44. The molecule has 1 heterocycles. The highest BCUT2D eigenvalue weighted by atomic mass is 15.1. The van der Waals surface area contributed by atoms with E-state index in [0.717, 1.165) is 17.1 Å². The number of rotatable bonds is 2. The zero-order valence-electron chi connectivity index (χ0n) is 12.7. The minimum Gasteiger partial charge on any atom is -0.300 e. The molecule has 21 heavy (non-hydrogen) atoms. The summed E-state index contributed by atoms with van der Waals surface area (Å²) in [5.41, 5.74) is 3.74. The largest absolute Gasteiger partial charge is 0.300 e. The van der Waals surface area contributed by atoms with Crippen LogP contribution in [0.3, 0.4) is 0 Å². The molecule has 2 aromatic carbocycles. The first-order valence-electron chi connectivity index (χ1n) is 7.25. The minimum atomic E-state index is 0.139. The fourth-order valence-electron chi connectivity index (χ4n) is 2.44. The van der Waals surface area contributed by atoms with Gasteiger partial charge < -0.3 is 0 Å². The van der Waals surface area contributed by atoms with E-state index in [0.29, 0.717) is 0 Å². The van der Waals surface area contributed by atoms with E-state index in [1.54, 1.807) is 0 Å². The van der Waals surface area contributed by atoms with E-state index >= 15 is 0 Å². The summed E-state index contributed by atoms with van der Waals surface area (Å²) in [6.07, 6.45) is 3.86. The molecule has 0 aliphatic carbocycles. The van der Waals surface area contributed by atoms with Gasteiger partial charge in [0.15, 0.2) is 0 Å². The number of imidazole rings is 1. The van der Waals surface area contributed by atoms with Crippen LogP contribution < -0.4 is 0 Å². The van der Waals surface area contributed by atoms with E-state index < -0.39 is 0 Å². The summed E-state index contributed by atoms with van der Waals surface area (Å²) in [7, 11) is 0. The SMILES string of the molecule is CC(C)(C)c1cccc(-c2nccn2-c2ccccc2)c1. The molecule has 0 saturated heterocycles. The molecule has 3 rings (SSSR count). The maximum atomic E-state index is 4.55. The van der Waals surface area contributed by atoms with Crippen LogP contribution in [0.5, 0.6) is 0 Å². The first-order valence-corrected chi connectivity index (χ1v) is 7.25. The second kappa shape index (κ2) is 5.21. The molecular weight excluding hydrogens is 256 g/mol. The normalized spacial score (nSPS) is 11.6. The molecule has 0 atom stereocenters. The summed E-state index contributed by atoms with van der Waals surface area (Å²) in [5, 5.41) is 0. The van der Waals surface area contributed by atoms with Crippen LogP contribution in [-0.2, 0) is 5.41 Å². The monoisotopic (exact) mass is 276 g/mol. The van der Waals surface area contributed by atoms with Crippen molar-refractivity contribution in [3.63, 3.8) is 0 Å². The summed E-state index contributed by atoms with van der Waals surface area (Å²) in [5.74, 6) is 0.979. The van der Waals surface area contributed by atoms with E-state index in [1.807, 2.05) is 30.6 Å². The molecular formula is C19H20N2. The highest BCUT2D eigenvalue weighted by Crippen LogP contribution is 2.28. The lowest BCUT2D eigenvalue weighted by Crippen LogP contribution is -2.11. The summed E-state index contributed by atoms with van der Waals surface area (Å²) >= 11 is 0. The molecule has 0 aliphatic heterocycles. The van der Waals surface area contributed by atoms with Gasteiger partial charge in [-0.05, 0) is 29.2 Å². The number of para-hydroxylation sites is 1. The second-order valence-electron chi connectivity index (χ2n) is 6.29. The van der Waals surface area contributed by atoms with Crippen molar-refractivity contribution < 1.29 is 0 Å². The van der Waals surface area contributed by atoms with Gasteiger partial charge in [-0.2, -0.15) is 0 Å². The van der Waals surface area contributed by atoms with Gasteiger partial charge in [0.1, 0.15) is 5.82 Å². The third-order valence-electron chi connectivity index (χ3n) is 3.66. The minimum absolute atomic E-state index is 0.139. The van der Waals surface area contributed by atoms with Crippen molar-refractivity contribution in [1.29, 1.82) is 0 Å². The van der Waals surface area contributed by atoms with Crippen LogP contribution >= 0.6 is 0 Å². The molecule has 0 bridgehead atoms. The van der Waals surface area contributed by atoms with Crippen LogP contribution in [0.4, 0.5) is 0 Å². The summed E-state index contributed by atoms with van der Waals surface area (Å²) < 4.78 is 2.13. The van der Waals surface area contributed by atoms with Crippen molar-refractivity contribution in [3.05, 3.63) is 72.6 Å². The van der Waals surface area contributed by atoms with Crippen molar-refractivity contribution in [2.75, 3.05) is 0 Å². The molecule has 0 aliphatic rings. The maximum Gasteiger partial charge on any atom is 0.144 e. The predicted octanol–water partition coefficient (Wildman–Crippen LogP) is 4.84. The van der Waals surface area contributed by atoms with Gasteiger partial charge in [-0.1, -0.05) is 57.2 Å². The quantitative estimate of drug-likeness (QED) is 0.655.